The molecule has 2 N–H and O–H groups in total. The molecule has 0 radical (unpaired) electrons. The van der Waals surface area contributed by atoms with Crippen LogP contribution in [-0.4, -0.2) is 18.0 Å². The second-order valence-corrected chi connectivity index (χ2v) is 5.17. The third-order valence-corrected chi connectivity index (χ3v) is 3.71. The van der Waals surface area contributed by atoms with Crippen LogP contribution in [0, 0.1) is 6.92 Å². The normalized spacial score (nSPS) is 11.3. The summed E-state index contributed by atoms with van der Waals surface area (Å²) in [5, 5.41) is 6.67. The Morgan fingerprint density at radius 2 is 1.77 bits per heavy atom. The summed E-state index contributed by atoms with van der Waals surface area (Å²) in [6.07, 6.45) is 2.86. The molecule has 22 heavy (non-hydrogen) atoms. The Kier molecular flexibility index (Phi) is 5.95. The number of hydrogen-bond acceptors (Lipinski definition) is 2. The van der Waals surface area contributed by atoms with E-state index in [9.17, 15) is 0 Å². The fraction of sp³-hybridized carbons (Fsp3) is 0.333. The van der Waals surface area contributed by atoms with Crippen LogP contribution in [0.1, 0.15) is 29.3 Å². The van der Waals surface area contributed by atoms with Crippen LogP contribution in [0.3, 0.4) is 0 Å². The second kappa shape index (κ2) is 8.17. The van der Waals surface area contributed by atoms with Gasteiger partial charge < -0.3 is 10.6 Å². The molecule has 0 bridgehead atoms. The average Bonchev–Trinajstić information content (AvgIpc) is 2.56. The highest BCUT2D eigenvalue weighted by Crippen LogP contribution is 2.08. The second-order valence-electron chi connectivity index (χ2n) is 5.17. The first-order chi connectivity index (χ1) is 10.7. The predicted octanol–water partition coefficient (Wildman–Crippen LogP) is 2.82. The minimum atomic E-state index is 0.668. The molecule has 116 valence electrons. The first-order valence-corrected chi connectivity index (χ1v) is 7.66. The first kappa shape index (κ1) is 16.0. The van der Waals surface area contributed by atoms with Gasteiger partial charge >= 0.3 is 0 Å². The van der Waals surface area contributed by atoms with Gasteiger partial charge in [-0.15, -0.1) is 0 Å². The Labute approximate surface area is 132 Å². The van der Waals surface area contributed by atoms with Crippen molar-refractivity contribution in [3.05, 3.63) is 65.0 Å². The zero-order valence-electron chi connectivity index (χ0n) is 13.6. The number of nitrogens with one attached hydrogen (secondary N) is 2. The van der Waals surface area contributed by atoms with E-state index >= 15 is 0 Å². The van der Waals surface area contributed by atoms with E-state index in [1.165, 1.54) is 16.7 Å². The maximum atomic E-state index is 4.38. The van der Waals surface area contributed by atoms with E-state index in [0.29, 0.717) is 6.54 Å². The number of pyridine rings is 1. The Bertz CT molecular complexity index is 634. The third kappa shape index (κ3) is 4.32. The molecule has 4 heteroatoms. The zero-order chi connectivity index (χ0) is 15.8. The van der Waals surface area contributed by atoms with Gasteiger partial charge in [0.1, 0.15) is 0 Å². The van der Waals surface area contributed by atoms with Crippen molar-refractivity contribution < 1.29 is 0 Å². The molecule has 0 aliphatic carbocycles. The molecule has 0 atom stereocenters. The van der Waals surface area contributed by atoms with E-state index < -0.39 is 0 Å². The monoisotopic (exact) mass is 296 g/mol. The van der Waals surface area contributed by atoms with Gasteiger partial charge in [-0.25, -0.2) is 0 Å². The van der Waals surface area contributed by atoms with Crippen molar-refractivity contribution >= 4 is 5.96 Å². The van der Waals surface area contributed by atoms with Crippen LogP contribution < -0.4 is 10.6 Å². The van der Waals surface area contributed by atoms with Crippen molar-refractivity contribution in [3.63, 3.8) is 0 Å². The number of benzene rings is 1. The van der Waals surface area contributed by atoms with Crippen LogP contribution in [0.5, 0.6) is 0 Å². The summed E-state index contributed by atoms with van der Waals surface area (Å²) in [5.74, 6) is 0.788. The molecule has 1 aromatic heterocycles. The lowest BCUT2D eigenvalue weighted by atomic mass is 10.1. The van der Waals surface area contributed by atoms with Crippen LogP contribution in [0.4, 0.5) is 0 Å². The minimum Gasteiger partial charge on any atom is -0.352 e. The minimum absolute atomic E-state index is 0.668. The van der Waals surface area contributed by atoms with Crippen molar-refractivity contribution in [2.45, 2.75) is 33.4 Å². The Morgan fingerprint density at radius 1 is 1.05 bits per heavy atom. The molecule has 0 spiro atoms. The highest BCUT2D eigenvalue weighted by molar-refractivity contribution is 5.79. The summed E-state index contributed by atoms with van der Waals surface area (Å²) in [4.78, 5) is 8.65. The average molecular weight is 296 g/mol. The predicted molar refractivity (Wildman–Crippen MR) is 91.8 cm³/mol. The quantitative estimate of drug-likeness (QED) is 0.659. The number of aliphatic imine (C=N–C) groups is 1. The molecule has 0 unspecified atom stereocenters. The Balaban J connectivity index is 1.92. The van der Waals surface area contributed by atoms with Crippen LogP contribution in [0.15, 0.2) is 47.6 Å². The zero-order valence-corrected chi connectivity index (χ0v) is 13.6. The van der Waals surface area contributed by atoms with Crippen LogP contribution in [0.25, 0.3) is 0 Å². The van der Waals surface area contributed by atoms with E-state index in [0.717, 1.165) is 24.6 Å². The van der Waals surface area contributed by atoms with Gasteiger partial charge in [0.25, 0.3) is 0 Å². The lowest BCUT2D eigenvalue weighted by molar-refractivity contribution is 0.785. The number of hydrogen-bond donors (Lipinski definition) is 2. The molecule has 2 rings (SSSR count). The maximum absolute atomic E-state index is 4.38. The molecule has 0 saturated heterocycles. The number of aromatic nitrogens is 1. The van der Waals surface area contributed by atoms with Crippen molar-refractivity contribution in [3.8, 4) is 0 Å². The summed E-state index contributed by atoms with van der Waals surface area (Å²) in [5.41, 5.74) is 4.90. The molecule has 2 aromatic rings. The topological polar surface area (TPSA) is 49.3 Å². The van der Waals surface area contributed by atoms with Gasteiger partial charge in [0.2, 0.25) is 0 Å². The van der Waals surface area contributed by atoms with E-state index in [2.05, 4.69) is 64.8 Å². The summed E-state index contributed by atoms with van der Waals surface area (Å²) in [6, 6.07) is 12.5. The fourth-order valence-electron chi connectivity index (χ4n) is 2.35. The summed E-state index contributed by atoms with van der Waals surface area (Å²) < 4.78 is 0. The van der Waals surface area contributed by atoms with Gasteiger partial charge in [0.05, 0.1) is 12.2 Å². The molecule has 0 aliphatic rings. The number of aryl methyl sites for hydroxylation is 2. The molecule has 0 fully saturated rings. The highest BCUT2D eigenvalue weighted by atomic mass is 15.2. The van der Waals surface area contributed by atoms with Gasteiger partial charge in [0.15, 0.2) is 5.96 Å². The first-order valence-electron chi connectivity index (χ1n) is 7.66. The maximum Gasteiger partial charge on any atom is 0.191 e. The van der Waals surface area contributed by atoms with Gasteiger partial charge in [-0.3, -0.25) is 9.98 Å². The van der Waals surface area contributed by atoms with E-state index in [1.807, 2.05) is 12.3 Å². The van der Waals surface area contributed by atoms with Gasteiger partial charge in [-0.2, -0.15) is 0 Å². The molecule has 1 heterocycles. The Hall–Kier alpha value is -2.36. The van der Waals surface area contributed by atoms with E-state index in [1.54, 1.807) is 7.05 Å². The van der Waals surface area contributed by atoms with Crippen molar-refractivity contribution in [2.24, 2.45) is 4.99 Å². The third-order valence-electron chi connectivity index (χ3n) is 3.71. The summed E-state index contributed by atoms with van der Waals surface area (Å²) >= 11 is 0. The summed E-state index contributed by atoms with van der Waals surface area (Å²) in [6.45, 7) is 5.68. The largest absolute Gasteiger partial charge is 0.352 e. The smallest absolute Gasteiger partial charge is 0.191 e. The van der Waals surface area contributed by atoms with Crippen LogP contribution >= 0.6 is 0 Å². The van der Waals surface area contributed by atoms with E-state index in [4.69, 9.17) is 0 Å². The van der Waals surface area contributed by atoms with Gasteiger partial charge in [-0.05, 0) is 36.1 Å². The molecular formula is C18H24N4. The SMILES string of the molecule is CCc1ccccc1CNC(=NC)NCc1ncccc1C. The van der Waals surface area contributed by atoms with Crippen LogP contribution in [0.2, 0.25) is 0 Å². The van der Waals surface area contributed by atoms with E-state index in [-0.39, 0.29) is 0 Å². The van der Waals surface area contributed by atoms with Crippen molar-refractivity contribution in [2.75, 3.05) is 7.05 Å². The van der Waals surface area contributed by atoms with Gasteiger partial charge in [-0.1, -0.05) is 37.3 Å². The summed E-state index contributed by atoms with van der Waals surface area (Å²) in [7, 11) is 1.78. The van der Waals surface area contributed by atoms with Crippen LogP contribution in [-0.2, 0) is 19.5 Å². The fourth-order valence-corrected chi connectivity index (χ4v) is 2.35. The molecule has 0 amide bonds. The highest BCUT2D eigenvalue weighted by Gasteiger charge is 2.03. The molecule has 0 saturated carbocycles. The van der Waals surface area contributed by atoms with Gasteiger partial charge in [0, 0.05) is 19.8 Å². The van der Waals surface area contributed by atoms with Crippen molar-refractivity contribution in [1.29, 1.82) is 0 Å². The lowest BCUT2D eigenvalue weighted by Crippen LogP contribution is -2.36. The number of rotatable bonds is 5. The molecular weight excluding hydrogens is 272 g/mol. The molecule has 0 aliphatic heterocycles. The van der Waals surface area contributed by atoms with Crippen molar-refractivity contribution in [1.82, 2.24) is 15.6 Å². The number of nitrogens with zero attached hydrogens (tertiary/aromatic N) is 2. The molecule has 1 aromatic carbocycles. The molecule has 4 nitrogen and oxygen atoms in total. The standard InChI is InChI=1S/C18H24N4/c1-4-15-9-5-6-10-16(15)12-21-18(19-3)22-13-17-14(2)8-7-11-20-17/h5-11H,4,12-13H2,1-3H3,(H2,19,21,22). The Morgan fingerprint density at radius 3 is 2.45 bits per heavy atom. The lowest BCUT2D eigenvalue weighted by Gasteiger charge is -2.14. The number of guanidine groups is 1.